The van der Waals surface area contributed by atoms with Gasteiger partial charge in [0, 0.05) is 27.8 Å². The van der Waals surface area contributed by atoms with Crippen molar-refractivity contribution in [2.75, 3.05) is 4.90 Å². The van der Waals surface area contributed by atoms with Crippen LogP contribution in [0.3, 0.4) is 0 Å². The molecule has 0 spiro atoms. The van der Waals surface area contributed by atoms with E-state index in [1.54, 1.807) is 60.7 Å². The molecule has 0 fully saturated rings. The quantitative estimate of drug-likeness (QED) is 0.136. The van der Waals surface area contributed by atoms with Gasteiger partial charge in [-0.25, -0.2) is 16.8 Å². The van der Waals surface area contributed by atoms with Gasteiger partial charge in [-0.15, -0.1) is 0 Å². The first-order valence-electron chi connectivity index (χ1n) is 19.2. The Labute approximate surface area is 343 Å². The standard InChI is InChI=1S/C52H35NO4S2/c54-58(55,45-17-9-3-10-18-45)49-35-50(59(56,57)46-19-11-4-12-20-46)48-32-26-41-34-44(33-40-25-31-47(49)52(48)51(40)41)53(42-27-21-38(22-28-42)36-13-5-1-6-14-36)43-29-23-39(24-30-43)37-15-7-2-8-16-37/h1-35H. The van der Waals surface area contributed by atoms with Crippen molar-refractivity contribution in [2.45, 2.75) is 19.6 Å². The third kappa shape index (κ3) is 6.32. The fraction of sp³-hybridized carbons (Fsp3) is 0. The van der Waals surface area contributed by atoms with E-state index in [9.17, 15) is 16.8 Å². The predicted octanol–water partition coefficient (Wildman–Crippen LogP) is 13.1. The first-order chi connectivity index (χ1) is 28.8. The molecule has 0 aliphatic heterocycles. The molecule has 284 valence electrons. The van der Waals surface area contributed by atoms with Crippen molar-refractivity contribution >= 4 is 69.1 Å². The van der Waals surface area contributed by atoms with E-state index in [2.05, 4.69) is 89.8 Å². The third-order valence-electron chi connectivity index (χ3n) is 11.0. The highest BCUT2D eigenvalue weighted by Crippen LogP contribution is 2.46. The van der Waals surface area contributed by atoms with Gasteiger partial charge in [0.15, 0.2) is 0 Å². The lowest BCUT2D eigenvalue weighted by Crippen LogP contribution is -2.10. The molecule has 7 heteroatoms. The van der Waals surface area contributed by atoms with Gasteiger partial charge in [-0.1, -0.05) is 146 Å². The molecule has 0 heterocycles. The summed E-state index contributed by atoms with van der Waals surface area (Å²) in [5.41, 5.74) is 7.27. The van der Waals surface area contributed by atoms with Crippen LogP contribution >= 0.6 is 0 Å². The number of sulfone groups is 2. The highest BCUT2D eigenvalue weighted by atomic mass is 32.2. The molecule has 0 saturated heterocycles. The molecule has 0 N–H and O–H groups in total. The van der Waals surface area contributed by atoms with E-state index in [1.165, 1.54) is 6.07 Å². The summed E-state index contributed by atoms with van der Waals surface area (Å²) in [4.78, 5) is 2.29. The van der Waals surface area contributed by atoms with Gasteiger partial charge < -0.3 is 4.90 Å². The van der Waals surface area contributed by atoms with Crippen molar-refractivity contribution in [3.05, 3.63) is 212 Å². The Morgan fingerprint density at radius 3 is 1.05 bits per heavy atom. The van der Waals surface area contributed by atoms with E-state index < -0.39 is 19.7 Å². The van der Waals surface area contributed by atoms with E-state index in [-0.39, 0.29) is 19.6 Å². The molecule has 0 aliphatic rings. The van der Waals surface area contributed by atoms with Crippen molar-refractivity contribution < 1.29 is 16.8 Å². The molecule has 5 nitrogen and oxygen atoms in total. The van der Waals surface area contributed by atoms with Crippen LogP contribution in [0.15, 0.2) is 232 Å². The summed E-state index contributed by atoms with van der Waals surface area (Å²) in [6, 6.07) is 67.0. The van der Waals surface area contributed by atoms with Gasteiger partial charge in [-0.05, 0) is 111 Å². The largest absolute Gasteiger partial charge is 0.310 e. The Kier molecular flexibility index (Phi) is 8.86. The first-order valence-corrected chi connectivity index (χ1v) is 22.2. The van der Waals surface area contributed by atoms with Gasteiger partial charge in [-0.3, -0.25) is 0 Å². The first kappa shape index (κ1) is 36.3. The maximum atomic E-state index is 14.5. The second-order valence-corrected chi connectivity index (χ2v) is 18.4. The van der Waals surface area contributed by atoms with Crippen LogP contribution in [0.25, 0.3) is 54.6 Å². The van der Waals surface area contributed by atoms with Crippen molar-refractivity contribution in [3.63, 3.8) is 0 Å². The van der Waals surface area contributed by atoms with Crippen molar-refractivity contribution in [1.82, 2.24) is 0 Å². The van der Waals surface area contributed by atoms with Crippen LogP contribution < -0.4 is 4.90 Å². The molecule has 10 rings (SSSR count). The Morgan fingerprint density at radius 2 is 0.661 bits per heavy atom. The van der Waals surface area contributed by atoms with Gasteiger partial charge in [0.1, 0.15) is 0 Å². The van der Waals surface area contributed by atoms with Crippen LogP contribution in [-0.4, -0.2) is 16.8 Å². The van der Waals surface area contributed by atoms with Gasteiger partial charge >= 0.3 is 0 Å². The maximum absolute atomic E-state index is 14.5. The molecule has 10 aromatic carbocycles. The van der Waals surface area contributed by atoms with Crippen molar-refractivity contribution in [1.29, 1.82) is 0 Å². The van der Waals surface area contributed by atoms with Gasteiger partial charge in [0.25, 0.3) is 0 Å². The second-order valence-electron chi connectivity index (χ2n) is 14.5. The van der Waals surface area contributed by atoms with Crippen LogP contribution in [0.1, 0.15) is 0 Å². The minimum atomic E-state index is -4.14. The van der Waals surface area contributed by atoms with E-state index in [1.807, 2.05) is 60.7 Å². The van der Waals surface area contributed by atoms with E-state index >= 15 is 0 Å². The normalized spacial score (nSPS) is 12.0. The summed E-state index contributed by atoms with van der Waals surface area (Å²) >= 11 is 0. The molecular weight excluding hydrogens is 767 g/mol. The van der Waals surface area contributed by atoms with E-state index in [4.69, 9.17) is 0 Å². The van der Waals surface area contributed by atoms with Crippen LogP contribution in [0.2, 0.25) is 0 Å². The SMILES string of the molecule is O=S(=O)(c1ccccc1)c1cc(S(=O)(=O)c2ccccc2)c2ccc3cc(N(c4ccc(-c5ccccc5)cc4)c4ccc(-c5ccccc5)cc4)cc4ccc1c2c43. The molecule has 0 saturated carbocycles. The fourth-order valence-electron chi connectivity index (χ4n) is 8.18. The summed E-state index contributed by atoms with van der Waals surface area (Å²) in [6.07, 6.45) is 0. The molecule has 0 radical (unpaired) electrons. The zero-order chi connectivity index (χ0) is 40.1. The lowest BCUT2D eigenvalue weighted by atomic mass is 9.93. The van der Waals surface area contributed by atoms with Crippen LogP contribution in [0.5, 0.6) is 0 Å². The summed E-state index contributed by atoms with van der Waals surface area (Å²) in [5.74, 6) is 0. The molecular formula is C52H35NO4S2. The summed E-state index contributed by atoms with van der Waals surface area (Å²) in [6.45, 7) is 0. The van der Waals surface area contributed by atoms with E-state index in [0.717, 1.165) is 55.5 Å². The zero-order valence-corrected chi connectivity index (χ0v) is 33.2. The van der Waals surface area contributed by atoms with E-state index in [0.29, 0.717) is 16.2 Å². The van der Waals surface area contributed by atoms with Crippen molar-refractivity contribution in [3.8, 4) is 22.3 Å². The number of rotatable bonds is 9. The Balaban J connectivity index is 1.20. The summed E-state index contributed by atoms with van der Waals surface area (Å²) < 4.78 is 57.9. The number of anilines is 3. The fourth-order valence-corrected chi connectivity index (χ4v) is 11.3. The second kappa shape index (κ2) is 14.4. The predicted molar refractivity (Wildman–Crippen MR) is 239 cm³/mol. The minimum Gasteiger partial charge on any atom is -0.310 e. The average molecular weight is 802 g/mol. The zero-order valence-electron chi connectivity index (χ0n) is 31.6. The Bertz CT molecular complexity index is 3140. The molecule has 10 aromatic rings. The Morgan fingerprint density at radius 1 is 0.305 bits per heavy atom. The molecule has 0 atom stereocenters. The van der Waals surface area contributed by atoms with Gasteiger partial charge in [0.2, 0.25) is 19.7 Å². The number of benzene rings is 10. The molecule has 0 amide bonds. The van der Waals surface area contributed by atoms with Gasteiger partial charge in [0.05, 0.1) is 19.6 Å². The smallest absolute Gasteiger partial charge is 0.207 e. The van der Waals surface area contributed by atoms with Crippen molar-refractivity contribution in [2.24, 2.45) is 0 Å². The highest BCUT2D eigenvalue weighted by Gasteiger charge is 2.29. The lowest BCUT2D eigenvalue weighted by Gasteiger charge is -2.27. The monoisotopic (exact) mass is 801 g/mol. The lowest BCUT2D eigenvalue weighted by molar-refractivity contribution is 0.595. The van der Waals surface area contributed by atoms with Crippen LogP contribution in [0, 0.1) is 0 Å². The van der Waals surface area contributed by atoms with Gasteiger partial charge in [-0.2, -0.15) is 0 Å². The minimum absolute atomic E-state index is 0.0529. The molecule has 59 heavy (non-hydrogen) atoms. The van der Waals surface area contributed by atoms with Crippen LogP contribution in [0.4, 0.5) is 17.1 Å². The van der Waals surface area contributed by atoms with Crippen LogP contribution in [-0.2, 0) is 19.7 Å². The number of hydrogen-bond acceptors (Lipinski definition) is 5. The molecule has 0 aromatic heterocycles. The summed E-state index contributed by atoms with van der Waals surface area (Å²) in [5, 5.41) is 4.00. The average Bonchev–Trinajstić information content (AvgIpc) is 3.29. The Hall–Kier alpha value is -7.06. The topological polar surface area (TPSA) is 71.5 Å². The molecule has 0 bridgehead atoms. The third-order valence-corrected chi connectivity index (χ3v) is 14.7. The molecule has 0 unspecified atom stereocenters. The number of hydrogen-bond donors (Lipinski definition) is 0. The molecule has 0 aliphatic carbocycles. The number of nitrogens with zero attached hydrogens (tertiary/aromatic N) is 1. The maximum Gasteiger partial charge on any atom is 0.207 e. The highest BCUT2D eigenvalue weighted by molar-refractivity contribution is 7.92. The summed E-state index contributed by atoms with van der Waals surface area (Å²) in [7, 11) is -8.29.